The Hall–Kier alpha value is -2.39. The Morgan fingerprint density at radius 1 is 1.24 bits per heavy atom. The fourth-order valence-electron chi connectivity index (χ4n) is 2.19. The molecule has 1 heterocycles. The third-order valence-corrected chi connectivity index (χ3v) is 5.26. The first-order valence-corrected chi connectivity index (χ1v) is 8.82. The first-order valence-electron chi connectivity index (χ1n) is 6.96. The van der Waals surface area contributed by atoms with Crippen LogP contribution in [0.25, 0.3) is 0 Å². The van der Waals surface area contributed by atoms with E-state index in [9.17, 15) is 22.0 Å². The Kier molecular flexibility index (Phi) is 4.29. The van der Waals surface area contributed by atoms with E-state index in [4.69, 9.17) is 16.3 Å². The zero-order chi connectivity index (χ0) is 18.4. The zero-order valence-electron chi connectivity index (χ0n) is 12.6. The lowest BCUT2D eigenvalue weighted by Gasteiger charge is -2.24. The number of hydrogen-bond acceptors (Lipinski definition) is 4. The molecule has 0 saturated carbocycles. The maximum atomic E-state index is 13.7. The third-order valence-electron chi connectivity index (χ3n) is 3.43. The van der Waals surface area contributed by atoms with Crippen LogP contribution in [0, 0.1) is 11.6 Å². The Balaban J connectivity index is 2.00. The second-order valence-electron chi connectivity index (χ2n) is 5.26. The number of carbonyl (C=O) groups excluding carboxylic acids is 1. The molecular weight excluding hydrogens is 378 g/mol. The molecule has 1 aliphatic heterocycles. The summed E-state index contributed by atoms with van der Waals surface area (Å²) in [6, 6.07) is 4.75. The van der Waals surface area contributed by atoms with Crippen molar-refractivity contribution in [3.8, 4) is 5.75 Å². The SMILES string of the molecule is CC1Oc2cc(S(=O)(=O)Nc3ccc(F)cc3F)c(Cl)cc2NC1=O. The van der Waals surface area contributed by atoms with Gasteiger partial charge in [0.2, 0.25) is 0 Å². The van der Waals surface area contributed by atoms with Crippen molar-refractivity contribution in [3.05, 3.63) is 47.0 Å². The Morgan fingerprint density at radius 2 is 1.96 bits per heavy atom. The van der Waals surface area contributed by atoms with Crippen molar-refractivity contribution in [3.63, 3.8) is 0 Å². The number of hydrogen-bond donors (Lipinski definition) is 2. The highest BCUT2D eigenvalue weighted by atomic mass is 35.5. The summed E-state index contributed by atoms with van der Waals surface area (Å²) in [5, 5.41) is 2.33. The molecule has 0 aliphatic carbocycles. The monoisotopic (exact) mass is 388 g/mol. The van der Waals surface area contributed by atoms with Gasteiger partial charge >= 0.3 is 0 Å². The van der Waals surface area contributed by atoms with Gasteiger partial charge in [0.25, 0.3) is 15.9 Å². The van der Waals surface area contributed by atoms with Crippen molar-refractivity contribution in [2.24, 2.45) is 0 Å². The lowest BCUT2D eigenvalue weighted by Crippen LogP contribution is -2.34. The summed E-state index contributed by atoms with van der Waals surface area (Å²) < 4.78 is 59.0. The van der Waals surface area contributed by atoms with E-state index >= 15 is 0 Å². The smallest absolute Gasteiger partial charge is 0.265 e. The number of anilines is 2. The zero-order valence-corrected chi connectivity index (χ0v) is 14.2. The van der Waals surface area contributed by atoms with Crippen LogP contribution in [0.1, 0.15) is 6.92 Å². The molecule has 0 saturated heterocycles. The molecule has 1 unspecified atom stereocenters. The van der Waals surface area contributed by atoms with E-state index in [2.05, 4.69) is 5.32 Å². The van der Waals surface area contributed by atoms with Crippen LogP contribution < -0.4 is 14.8 Å². The van der Waals surface area contributed by atoms with Crippen LogP contribution in [0.3, 0.4) is 0 Å². The van der Waals surface area contributed by atoms with Crippen molar-refractivity contribution in [1.82, 2.24) is 0 Å². The average molecular weight is 389 g/mol. The molecule has 2 aromatic carbocycles. The minimum absolute atomic E-state index is 0.108. The fourth-order valence-corrected chi connectivity index (χ4v) is 3.80. The Bertz CT molecular complexity index is 982. The standard InChI is InChI=1S/C15H11ClF2N2O4S/c1-7-15(21)19-12-5-9(16)14(6-13(12)24-7)25(22,23)20-11-3-2-8(17)4-10(11)18/h2-7,20H,1H3,(H,19,21). The largest absolute Gasteiger partial charge is 0.479 e. The van der Waals surface area contributed by atoms with E-state index in [1.807, 2.05) is 4.72 Å². The van der Waals surface area contributed by atoms with E-state index < -0.39 is 39.4 Å². The van der Waals surface area contributed by atoms with Gasteiger partial charge in [-0.1, -0.05) is 11.6 Å². The van der Waals surface area contributed by atoms with E-state index in [0.29, 0.717) is 6.07 Å². The van der Waals surface area contributed by atoms with Gasteiger partial charge in [0, 0.05) is 12.1 Å². The number of carbonyl (C=O) groups is 1. The van der Waals surface area contributed by atoms with Crippen LogP contribution in [0.4, 0.5) is 20.2 Å². The van der Waals surface area contributed by atoms with Crippen LogP contribution in [0.2, 0.25) is 5.02 Å². The summed E-state index contributed by atoms with van der Waals surface area (Å²) in [5.41, 5.74) is -0.210. The van der Waals surface area contributed by atoms with Crippen molar-refractivity contribution >= 4 is 38.9 Å². The molecule has 1 aliphatic rings. The molecule has 2 N–H and O–H groups in total. The normalized spacial score (nSPS) is 16.6. The topological polar surface area (TPSA) is 84.5 Å². The van der Waals surface area contributed by atoms with E-state index in [0.717, 1.165) is 18.2 Å². The number of sulfonamides is 1. The maximum Gasteiger partial charge on any atom is 0.265 e. The molecule has 1 amide bonds. The summed E-state index contributed by atoms with van der Waals surface area (Å²) >= 11 is 5.98. The van der Waals surface area contributed by atoms with E-state index in [-0.39, 0.29) is 21.4 Å². The highest BCUT2D eigenvalue weighted by Gasteiger charge is 2.28. The predicted octanol–water partition coefficient (Wildman–Crippen LogP) is 3.14. The number of ether oxygens (including phenoxy) is 1. The molecule has 1 atom stereocenters. The van der Waals surface area contributed by atoms with Crippen LogP contribution >= 0.6 is 11.6 Å². The van der Waals surface area contributed by atoms with Crippen LogP contribution in [-0.4, -0.2) is 20.4 Å². The summed E-state index contributed by atoms with van der Waals surface area (Å²) in [6.07, 6.45) is -0.813. The van der Waals surface area contributed by atoms with Crippen molar-refractivity contribution in [2.75, 3.05) is 10.0 Å². The highest BCUT2D eigenvalue weighted by molar-refractivity contribution is 7.92. The van der Waals surface area contributed by atoms with Gasteiger partial charge in [-0.2, -0.15) is 0 Å². The molecule has 132 valence electrons. The predicted molar refractivity (Wildman–Crippen MR) is 87.3 cm³/mol. The van der Waals surface area contributed by atoms with Crippen molar-refractivity contribution < 1.29 is 26.7 Å². The van der Waals surface area contributed by atoms with Gasteiger partial charge in [-0.25, -0.2) is 17.2 Å². The Labute approximate surface area is 146 Å². The molecular formula is C15H11ClF2N2O4S. The summed E-state index contributed by atoms with van der Waals surface area (Å²) in [6.45, 7) is 1.49. The van der Waals surface area contributed by atoms with Gasteiger partial charge in [0.1, 0.15) is 22.3 Å². The number of amides is 1. The van der Waals surface area contributed by atoms with Gasteiger partial charge in [-0.3, -0.25) is 9.52 Å². The summed E-state index contributed by atoms with van der Waals surface area (Å²) in [5.74, 6) is -2.21. The first kappa shape index (κ1) is 17.4. The quantitative estimate of drug-likeness (QED) is 0.846. The minimum atomic E-state index is -4.28. The summed E-state index contributed by atoms with van der Waals surface area (Å²) in [7, 11) is -4.28. The highest BCUT2D eigenvalue weighted by Crippen LogP contribution is 2.37. The van der Waals surface area contributed by atoms with Crippen LogP contribution in [0.15, 0.2) is 35.2 Å². The number of nitrogens with one attached hydrogen (secondary N) is 2. The lowest BCUT2D eigenvalue weighted by molar-refractivity contribution is -0.122. The molecule has 25 heavy (non-hydrogen) atoms. The number of benzene rings is 2. The van der Waals surface area contributed by atoms with E-state index in [1.54, 1.807) is 0 Å². The van der Waals surface area contributed by atoms with Crippen molar-refractivity contribution in [1.29, 1.82) is 0 Å². The second-order valence-corrected chi connectivity index (χ2v) is 7.32. The molecule has 10 heteroatoms. The molecule has 0 aromatic heterocycles. The molecule has 0 fully saturated rings. The second kappa shape index (κ2) is 6.16. The molecule has 3 rings (SSSR count). The first-order chi connectivity index (χ1) is 11.7. The molecule has 6 nitrogen and oxygen atoms in total. The number of fused-ring (bicyclic) bond motifs is 1. The van der Waals surface area contributed by atoms with Gasteiger partial charge in [0.15, 0.2) is 6.10 Å². The van der Waals surface area contributed by atoms with Crippen LogP contribution in [0.5, 0.6) is 5.75 Å². The third kappa shape index (κ3) is 3.38. The lowest BCUT2D eigenvalue weighted by atomic mass is 10.2. The molecule has 0 spiro atoms. The number of rotatable bonds is 3. The van der Waals surface area contributed by atoms with Crippen LogP contribution in [-0.2, 0) is 14.8 Å². The minimum Gasteiger partial charge on any atom is -0.479 e. The van der Waals surface area contributed by atoms with Gasteiger partial charge in [-0.05, 0) is 25.1 Å². The molecule has 0 bridgehead atoms. The van der Waals surface area contributed by atoms with Gasteiger partial charge in [-0.15, -0.1) is 0 Å². The number of halogens is 3. The fraction of sp³-hybridized carbons (Fsp3) is 0.133. The van der Waals surface area contributed by atoms with Gasteiger partial charge in [0.05, 0.1) is 16.4 Å². The Morgan fingerprint density at radius 3 is 2.64 bits per heavy atom. The summed E-state index contributed by atoms with van der Waals surface area (Å²) in [4.78, 5) is 11.2. The van der Waals surface area contributed by atoms with Crippen molar-refractivity contribution in [2.45, 2.75) is 17.9 Å². The molecule has 2 aromatic rings. The molecule has 0 radical (unpaired) electrons. The maximum absolute atomic E-state index is 13.7. The van der Waals surface area contributed by atoms with Gasteiger partial charge < -0.3 is 10.1 Å². The van der Waals surface area contributed by atoms with E-state index in [1.165, 1.54) is 13.0 Å². The average Bonchev–Trinajstić information content (AvgIpc) is 2.51.